The van der Waals surface area contributed by atoms with Crippen molar-refractivity contribution in [2.45, 2.75) is 79.2 Å². The average Bonchev–Trinajstić information content (AvgIpc) is 3.22. The molecule has 39 heavy (non-hydrogen) atoms. The highest BCUT2D eigenvalue weighted by molar-refractivity contribution is 5.85. The molecule has 3 heterocycles. The molecule has 4 rings (SSSR count). The van der Waals surface area contributed by atoms with Crippen LogP contribution in [0.25, 0.3) is 16.9 Å². The second kappa shape index (κ2) is 12.4. The summed E-state index contributed by atoms with van der Waals surface area (Å²) in [5.41, 5.74) is 3.26. The van der Waals surface area contributed by atoms with Crippen LogP contribution in [0.1, 0.15) is 69.3 Å². The minimum absolute atomic E-state index is 0.196. The van der Waals surface area contributed by atoms with E-state index in [-0.39, 0.29) is 24.6 Å². The van der Waals surface area contributed by atoms with Crippen molar-refractivity contribution in [2.24, 2.45) is 0 Å². The van der Waals surface area contributed by atoms with Crippen LogP contribution in [0.15, 0.2) is 12.1 Å². The zero-order chi connectivity index (χ0) is 28.9. The van der Waals surface area contributed by atoms with Crippen molar-refractivity contribution in [1.82, 2.24) is 14.6 Å². The van der Waals surface area contributed by atoms with E-state index in [1.165, 1.54) is 10.6 Å². The molecule has 1 aliphatic rings. The number of unbranched alkanes of at least 4 members (excludes halogenated alkanes) is 1. The molecule has 2 aromatic heterocycles. The molecule has 212 valence electrons. The van der Waals surface area contributed by atoms with Gasteiger partial charge in [0.2, 0.25) is 0 Å². The number of aryl methyl sites for hydroxylation is 1. The maximum absolute atomic E-state index is 15.1. The number of hydrogen-bond donors (Lipinski definition) is 3. The van der Waals surface area contributed by atoms with E-state index in [1.807, 2.05) is 13.8 Å². The second-order valence-corrected chi connectivity index (χ2v) is 10.5. The monoisotopic (exact) mass is 544 g/mol. The molecule has 0 saturated carbocycles. The first kappa shape index (κ1) is 29.8. The van der Waals surface area contributed by atoms with Gasteiger partial charge in [-0.25, -0.2) is 18.7 Å². The molecule has 0 spiro atoms. The van der Waals surface area contributed by atoms with E-state index in [9.17, 15) is 14.7 Å². The lowest BCUT2D eigenvalue weighted by Gasteiger charge is -2.23. The molecule has 0 aliphatic carbocycles. The minimum Gasteiger partial charge on any atom is -0.490 e. The highest BCUT2D eigenvalue weighted by Gasteiger charge is 2.26. The normalized spacial score (nSPS) is 12.7. The molecular weight excluding hydrogens is 507 g/mol. The predicted octanol–water partition coefficient (Wildman–Crippen LogP) is 5.23. The van der Waals surface area contributed by atoms with Crippen LogP contribution < -0.4 is 10.1 Å². The second-order valence-electron chi connectivity index (χ2n) is 10.5. The fourth-order valence-corrected chi connectivity index (χ4v) is 4.21. The molecule has 1 aromatic carbocycles. The molecule has 10 nitrogen and oxygen atoms in total. The molecule has 0 bridgehead atoms. The Hall–Kier alpha value is -3.73. The van der Waals surface area contributed by atoms with Crippen molar-refractivity contribution in [1.29, 1.82) is 0 Å². The first-order chi connectivity index (χ1) is 18.3. The van der Waals surface area contributed by atoms with E-state index in [2.05, 4.69) is 15.4 Å². The number of rotatable bonds is 7. The molecule has 0 fully saturated rings. The maximum atomic E-state index is 15.1. The molecule has 0 atom stereocenters. The van der Waals surface area contributed by atoms with E-state index < -0.39 is 23.5 Å². The first-order valence-corrected chi connectivity index (χ1v) is 13.0. The van der Waals surface area contributed by atoms with Gasteiger partial charge in [0, 0.05) is 28.5 Å². The minimum atomic E-state index is -1.05. The fourth-order valence-electron chi connectivity index (χ4n) is 4.21. The molecule has 0 radical (unpaired) electrons. The number of anilines is 1. The Balaban J connectivity index is 0.000000771. The lowest BCUT2D eigenvalue weighted by Crippen LogP contribution is -2.15. The van der Waals surface area contributed by atoms with Gasteiger partial charge < -0.3 is 19.7 Å². The smallest absolute Gasteiger partial charge is 0.412 e. The number of ether oxygens (including phenoxy) is 2. The summed E-state index contributed by atoms with van der Waals surface area (Å²) in [5.74, 6) is -1.12. The van der Waals surface area contributed by atoms with Crippen molar-refractivity contribution in [3.05, 3.63) is 40.3 Å². The van der Waals surface area contributed by atoms with E-state index in [4.69, 9.17) is 14.6 Å². The molecule has 0 saturated heterocycles. The van der Waals surface area contributed by atoms with Crippen LogP contribution in [-0.4, -0.2) is 55.7 Å². The Morgan fingerprint density at radius 3 is 2.59 bits per heavy atom. The van der Waals surface area contributed by atoms with Gasteiger partial charge in [0.1, 0.15) is 0 Å². The summed E-state index contributed by atoms with van der Waals surface area (Å²) in [6.45, 7) is 11.5. The number of carbonyl (C=O) groups excluding carboxylic acids is 1. The van der Waals surface area contributed by atoms with Crippen molar-refractivity contribution in [2.75, 3.05) is 18.5 Å². The summed E-state index contributed by atoms with van der Waals surface area (Å²) in [4.78, 5) is 28.3. The summed E-state index contributed by atoms with van der Waals surface area (Å²) in [6, 6.07) is 2.92. The highest BCUT2D eigenvalue weighted by Crippen LogP contribution is 2.39. The highest BCUT2D eigenvalue weighted by atomic mass is 19.1. The standard InChI is InChI=1S/C24H27FN4O5.C4H10O/c1-4-5-8-34-24(32)27-19-12-20-26-14(3)17(11-21(30)31)22(29(20)28-19)16-10-18(25)23-15(13(16)2)7-6-9-33-23;1-4(2,3)5/h10,12H,4-9,11H2,1-3H3,(H,30,31)(H,27,28,32);5H,1-3H3. The van der Waals surface area contributed by atoms with Crippen molar-refractivity contribution in [3.63, 3.8) is 0 Å². The Morgan fingerprint density at radius 1 is 1.26 bits per heavy atom. The quantitative estimate of drug-likeness (QED) is 0.344. The number of hydrogen-bond acceptors (Lipinski definition) is 7. The summed E-state index contributed by atoms with van der Waals surface area (Å²) < 4.78 is 27.2. The third-order valence-electron chi connectivity index (χ3n) is 5.89. The summed E-state index contributed by atoms with van der Waals surface area (Å²) in [7, 11) is 0. The van der Waals surface area contributed by atoms with E-state index in [0.29, 0.717) is 41.2 Å². The van der Waals surface area contributed by atoms with Gasteiger partial charge in [-0.15, -0.1) is 5.10 Å². The number of carboxylic acids is 1. The number of amides is 1. The SMILES string of the molecule is CC(C)(C)O.CCCCOC(=O)Nc1cc2nc(C)c(CC(=O)O)c(-c3cc(F)c4c(c3C)CCCO4)n2n1. The number of carbonyl (C=O) groups is 2. The molecule has 3 N–H and O–H groups in total. The third kappa shape index (κ3) is 7.66. The van der Waals surface area contributed by atoms with Crippen LogP contribution in [0.5, 0.6) is 5.75 Å². The van der Waals surface area contributed by atoms with Crippen molar-refractivity contribution >= 4 is 23.5 Å². The number of nitrogens with zero attached hydrogens (tertiary/aromatic N) is 3. The predicted molar refractivity (Wildman–Crippen MR) is 145 cm³/mol. The molecule has 0 unspecified atom stereocenters. The molecule has 11 heteroatoms. The largest absolute Gasteiger partial charge is 0.490 e. The maximum Gasteiger partial charge on any atom is 0.412 e. The Morgan fingerprint density at radius 2 is 1.95 bits per heavy atom. The fraction of sp³-hybridized carbons (Fsp3) is 0.500. The Kier molecular flexibility index (Phi) is 9.49. The summed E-state index contributed by atoms with van der Waals surface area (Å²) in [6.07, 6.45) is 2.09. The first-order valence-electron chi connectivity index (χ1n) is 13.0. The summed E-state index contributed by atoms with van der Waals surface area (Å²) >= 11 is 0. The lowest BCUT2D eigenvalue weighted by molar-refractivity contribution is -0.136. The van der Waals surface area contributed by atoms with E-state index >= 15 is 4.39 Å². The molecular formula is C28H37FN4O6. The zero-order valence-electron chi connectivity index (χ0n) is 23.4. The van der Waals surface area contributed by atoms with Crippen LogP contribution >= 0.6 is 0 Å². The van der Waals surface area contributed by atoms with Crippen LogP contribution in [-0.2, 0) is 22.4 Å². The number of benzene rings is 1. The van der Waals surface area contributed by atoms with E-state index in [1.54, 1.807) is 33.8 Å². The summed E-state index contributed by atoms with van der Waals surface area (Å²) in [5, 5.41) is 25.1. The van der Waals surface area contributed by atoms with Gasteiger partial charge in [-0.3, -0.25) is 10.1 Å². The topological polar surface area (TPSA) is 135 Å². The number of aliphatic carboxylic acids is 1. The Bertz CT molecular complexity index is 1360. The van der Waals surface area contributed by atoms with Gasteiger partial charge in [-0.2, -0.15) is 0 Å². The lowest BCUT2D eigenvalue weighted by atomic mass is 9.91. The third-order valence-corrected chi connectivity index (χ3v) is 5.89. The number of halogens is 1. The van der Waals surface area contributed by atoms with Gasteiger partial charge in [0.25, 0.3) is 0 Å². The zero-order valence-corrected chi connectivity index (χ0v) is 23.4. The van der Waals surface area contributed by atoms with E-state index in [0.717, 1.165) is 30.4 Å². The number of fused-ring (bicyclic) bond motifs is 2. The number of aromatic nitrogens is 3. The number of aliphatic hydroxyl groups is 1. The van der Waals surface area contributed by atoms with Crippen molar-refractivity contribution < 1.29 is 33.7 Å². The molecule has 1 aliphatic heterocycles. The van der Waals surface area contributed by atoms with Crippen LogP contribution in [0, 0.1) is 19.7 Å². The van der Waals surface area contributed by atoms with Crippen molar-refractivity contribution in [3.8, 4) is 17.0 Å². The molecule has 1 amide bonds. The van der Waals surface area contributed by atoms with Crippen LogP contribution in [0.4, 0.5) is 15.0 Å². The number of carboxylic acid groups (broad SMARTS) is 1. The van der Waals surface area contributed by atoms with Gasteiger partial charge in [0.05, 0.1) is 30.9 Å². The number of nitrogens with one attached hydrogen (secondary N) is 1. The van der Waals surface area contributed by atoms with Gasteiger partial charge in [0.15, 0.2) is 23.0 Å². The Labute approximate surface area is 227 Å². The molecule has 3 aromatic rings. The van der Waals surface area contributed by atoms with Crippen LogP contribution in [0.2, 0.25) is 0 Å². The van der Waals surface area contributed by atoms with Gasteiger partial charge in [-0.1, -0.05) is 13.3 Å². The average molecular weight is 545 g/mol. The van der Waals surface area contributed by atoms with Gasteiger partial charge >= 0.3 is 12.1 Å². The van der Waals surface area contributed by atoms with Crippen LogP contribution in [0.3, 0.4) is 0 Å². The van der Waals surface area contributed by atoms with Gasteiger partial charge in [-0.05, 0) is 65.5 Å².